The van der Waals surface area contributed by atoms with E-state index in [-0.39, 0.29) is 5.91 Å². The maximum absolute atomic E-state index is 12.4. The van der Waals surface area contributed by atoms with Gasteiger partial charge in [0.25, 0.3) is 0 Å². The first kappa shape index (κ1) is 15.4. The SMILES string of the molecule is CC(C)(C)C(=O)Nc1c2c(nn1-c1ccc(Cl)cc1)CSC2. The van der Waals surface area contributed by atoms with Gasteiger partial charge in [-0.15, -0.1) is 0 Å². The highest BCUT2D eigenvalue weighted by atomic mass is 35.5. The van der Waals surface area contributed by atoms with Crippen molar-refractivity contribution in [3.05, 3.63) is 40.5 Å². The van der Waals surface area contributed by atoms with Crippen LogP contribution in [0.2, 0.25) is 5.02 Å². The molecule has 0 saturated carbocycles. The summed E-state index contributed by atoms with van der Waals surface area (Å²) in [5.74, 6) is 2.53. The lowest BCUT2D eigenvalue weighted by atomic mass is 9.96. The summed E-state index contributed by atoms with van der Waals surface area (Å²) in [4.78, 5) is 12.4. The summed E-state index contributed by atoms with van der Waals surface area (Å²) in [6.07, 6.45) is 0. The average molecular weight is 336 g/mol. The zero-order chi connectivity index (χ0) is 15.9. The Labute approximate surface area is 139 Å². The van der Waals surface area contributed by atoms with Gasteiger partial charge in [0.2, 0.25) is 5.91 Å². The molecule has 0 fully saturated rings. The van der Waals surface area contributed by atoms with Crippen LogP contribution < -0.4 is 5.32 Å². The van der Waals surface area contributed by atoms with Gasteiger partial charge in [-0.25, -0.2) is 4.68 Å². The molecule has 1 aromatic heterocycles. The number of rotatable bonds is 2. The number of hydrogen-bond donors (Lipinski definition) is 1. The summed E-state index contributed by atoms with van der Waals surface area (Å²) in [5, 5.41) is 8.40. The zero-order valence-electron chi connectivity index (χ0n) is 12.8. The van der Waals surface area contributed by atoms with Crippen LogP contribution in [0.1, 0.15) is 32.0 Å². The molecule has 0 bridgehead atoms. The van der Waals surface area contributed by atoms with Gasteiger partial charge in [0.15, 0.2) is 0 Å². The first-order valence-electron chi connectivity index (χ1n) is 7.12. The smallest absolute Gasteiger partial charge is 0.230 e. The second-order valence-corrected chi connectivity index (χ2v) is 7.78. The van der Waals surface area contributed by atoms with Crippen LogP contribution in [-0.4, -0.2) is 15.7 Å². The second kappa shape index (κ2) is 5.63. The highest BCUT2D eigenvalue weighted by Crippen LogP contribution is 2.36. The number of carbonyl (C=O) groups is 1. The van der Waals surface area contributed by atoms with Crippen molar-refractivity contribution in [2.24, 2.45) is 5.41 Å². The van der Waals surface area contributed by atoms with Crippen LogP contribution in [0.4, 0.5) is 5.82 Å². The zero-order valence-corrected chi connectivity index (χ0v) is 14.4. The van der Waals surface area contributed by atoms with Crippen LogP contribution in [0.15, 0.2) is 24.3 Å². The van der Waals surface area contributed by atoms with Gasteiger partial charge in [-0.1, -0.05) is 32.4 Å². The molecule has 0 atom stereocenters. The number of amides is 1. The molecule has 1 aliphatic rings. The van der Waals surface area contributed by atoms with Gasteiger partial charge in [0, 0.05) is 27.5 Å². The van der Waals surface area contributed by atoms with Crippen molar-refractivity contribution in [3.8, 4) is 5.69 Å². The number of fused-ring (bicyclic) bond motifs is 1. The van der Waals surface area contributed by atoms with E-state index in [0.29, 0.717) is 5.02 Å². The lowest BCUT2D eigenvalue weighted by Crippen LogP contribution is -2.29. The molecule has 0 aliphatic carbocycles. The molecule has 2 heterocycles. The summed E-state index contributed by atoms with van der Waals surface area (Å²) >= 11 is 7.77. The summed E-state index contributed by atoms with van der Waals surface area (Å²) in [6.45, 7) is 5.71. The van der Waals surface area contributed by atoms with Crippen molar-refractivity contribution < 1.29 is 4.79 Å². The first-order valence-corrected chi connectivity index (χ1v) is 8.65. The minimum atomic E-state index is -0.451. The van der Waals surface area contributed by atoms with Crippen LogP contribution in [0, 0.1) is 5.41 Å². The van der Waals surface area contributed by atoms with Gasteiger partial charge in [0.05, 0.1) is 11.4 Å². The van der Waals surface area contributed by atoms with E-state index in [4.69, 9.17) is 11.6 Å². The van der Waals surface area contributed by atoms with E-state index < -0.39 is 5.41 Å². The second-order valence-electron chi connectivity index (χ2n) is 6.36. The van der Waals surface area contributed by atoms with Crippen molar-refractivity contribution >= 4 is 35.1 Å². The lowest BCUT2D eigenvalue weighted by molar-refractivity contribution is -0.123. The van der Waals surface area contributed by atoms with Crippen LogP contribution in [-0.2, 0) is 16.3 Å². The van der Waals surface area contributed by atoms with E-state index >= 15 is 0 Å². The summed E-state index contributed by atoms with van der Waals surface area (Å²) in [7, 11) is 0. The number of benzene rings is 1. The molecule has 4 nitrogen and oxygen atoms in total. The van der Waals surface area contributed by atoms with Crippen molar-refractivity contribution in [3.63, 3.8) is 0 Å². The number of carbonyl (C=O) groups excluding carboxylic acids is 1. The topological polar surface area (TPSA) is 46.9 Å². The van der Waals surface area contributed by atoms with Crippen molar-refractivity contribution in [2.75, 3.05) is 5.32 Å². The van der Waals surface area contributed by atoms with E-state index in [9.17, 15) is 4.79 Å². The quantitative estimate of drug-likeness (QED) is 0.892. The third kappa shape index (κ3) is 2.88. The average Bonchev–Trinajstić information content (AvgIpc) is 3.01. The molecule has 0 unspecified atom stereocenters. The van der Waals surface area contributed by atoms with Gasteiger partial charge in [-0.2, -0.15) is 16.9 Å². The summed E-state index contributed by atoms with van der Waals surface area (Å²) in [6, 6.07) is 7.47. The van der Waals surface area contributed by atoms with Crippen LogP contribution in [0.5, 0.6) is 0 Å². The molecule has 116 valence electrons. The Kier molecular flexibility index (Phi) is 3.95. The van der Waals surface area contributed by atoms with Gasteiger partial charge >= 0.3 is 0 Å². The van der Waals surface area contributed by atoms with Crippen molar-refractivity contribution in [1.82, 2.24) is 9.78 Å². The molecule has 1 aromatic carbocycles. The number of aromatic nitrogens is 2. The molecule has 1 amide bonds. The number of nitrogens with zero attached hydrogens (tertiary/aromatic N) is 2. The molecule has 3 rings (SSSR count). The third-order valence-corrected chi connectivity index (χ3v) is 4.76. The molecular formula is C16H18ClN3OS. The van der Waals surface area contributed by atoms with Gasteiger partial charge in [0.1, 0.15) is 5.82 Å². The number of nitrogens with one attached hydrogen (secondary N) is 1. The van der Waals surface area contributed by atoms with Crippen LogP contribution in [0.3, 0.4) is 0 Å². The van der Waals surface area contributed by atoms with Gasteiger partial charge < -0.3 is 5.32 Å². The van der Waals surface area contributed by atoms with Gasteiger partial charge in [-0.05, 0) is 24.3 Å². The Morgan fingerprint density at radius 1 is 1.27 bits per heavy atom. The number of hydrogen-bond acceptors (Lipinski definition) is 3. The fourth-order valence-corrected chi connectivity index (χ4v) is 3.37. The fraction of sp³-hybridized carbons (Fsp3) is 0.375. The Hall–Kier alpha value is -1.46. The largest absolute Gasteiger partial charge is 0.310 e. The Balaban J connectivity index is 2.04. The monoisotopic (exact) mass is 335 g/mol. The fourth-order valence-electron chi connectivity index (χ4n) is 2.21. The minimum Gasteiger partial charge on any atom is -0.310 e. The maximum atomic E-state index is 12.4. The Morgan fingerprint density at radius 3 is 2.59 bits per heavy atom. The molecule has 0 radical (unpaired) electrons. The van der Waals surface area contributed by atoms with E-state index in [1.54, 1.807) is 0 Å². The molecule has 1 aliphatic heterocycles. The van der Waals surface area contributed by atoms with Crippen LogP contribution in [0.25, 0.3) is 5.69 Å². The summed E-state index contributed by atoms with van der Waals surface area (Å²) in [5.41, 5.74) is 2.61. The predicted octanol–water partition coefficient (Wildman–Crippen LogP) is 4.26. The highest BCUT2D eigenvalue weighted by molar-refractivity contribution is 7.98. The summed E-state index contributed by atoms with van der Waals surface area (Å²) < 4.78 is 1.81. The normalized spacial score (nSPS) is 14.0. The first-order chi connectivity index (χ1) is 10.4. The van der Waals surface area contributed by atoms with Crippen molar-refractivity contribution in [2.45, 2.75) is 32.3 Å². The minimum absolute atomic E-state index is 0.0117. The molecule has 6 heteroatoms. The van der Waals surface area contributed by atoms with Crippen molar-refractivity contribution in [1.29, 1.82) is 0 Å². The molecule has 0 saturated heterocycles. The molecule has 0 spiro atoms. The van der Waals surface area contributed by atoms with Gasteiger partial charge in [-0.3, -0.25) is 4.79 Å². The lowest BCUT2D eigenvalue weighted by Gasteiger charge is -2.19. The Morgan fingerprint density at radius 2 is 1.95 bits per heavy atom. The molecular weight excluding hydrogens is 318 g/mol. The van der Waals surface area contributed by atoms with E-state index in [1.807, 2.05) is 61.5 Å². The third-order valence-electron chi connectivity index (χ3n) is 3.54. The van der Waals surface area contributed by atoms with E-state index in [2.05, 4.69) is 10.4 Å². The van der Waals surface area contributed by atoms with Crippen LogP contribution >= 0.6 is 23.4 Å². The Bertz CT molecular complexity index is 716. The highest BCUT2D eigenvalue weighted by Gasteiger charge is 2.28. The molecule has 1 N–H and O–H groups in total. The maximum Gasteiger partial charge on any atom is 0.230 e. The van der Waals surface area contributed by atoms with E-state index in [1.165, 1.54) is 0 Å². The number of anilines is 1. The molecule has 2 aromatic rings. The molecule has 22 heavy (non-hydrogen) atoms. The number of halogens is 1. The van der Waals surface area contributed by atoms with E-state index in [0.717, 1.165) is 34.3 Å². The standard InChI is InChI=1S/C16H18ClN3OS/c1-16(2,3)15(21)18-14-12-8-22-9-13(12)19-20(14)11-6-4-10(17)5-7-11/h4-7H,8-9H2,1-3H3,(H,18,21). The number of thioether (sulfide) groups is 1. The predicted molar refractivity (Wildman–Crippen MR) is 91.7 cm³/mol.